The van der Waals surface area contributed by atoms with Gasteiger partial charge in [0.05, 0.1) is 18.1 Å². The van der Waals surface area contributed by atoms with Gasteiger partial charge in [0.2, 0.25) is 0 Å². The van der Waals surface area contributed by atoms with Crippen molar-refractivity contribution in [3.8, 4) is 6.07 Å². The fourth-order valence-corrected chi connectivity index (χ4v) is 6.88. The average Bonchev–Trinajstić information content (AvgIpc) is 3.23. The molecule has 3 aliphatic carbocycles. The monoisotopic (exact) mass is 531 g/mol. The fraction of sp³-hybridized carbons (Fsp3) is 0.394. The lowest BCUT2D eigenvalue weighted by Gasteiger charge is -2.48. The Kier molecular flexibility index (Phi) is 7.02. The van der Waals surface area contributed by atoms with Crippen LogP contribution >= 0.6 is 0 Å². The Morgan fingerprint density at radius 1 is 0.875 bits per heavy atom. The number of hydrogen-bond donors (Lipinski definition) is 0. The molecule has 3 aromatic rings. The largest absolute Gasteiger partial charge is 0.298 e. The van der Waals surface area contributed by atoms with Crippen molar-refractivity contribution in [2.45, 2.75) is 63.3 Å². The first-order valence-corrected chi connectivity index (χ1v) is 14.2. The van der Waals surface area contributed by atoms with Gasteiger partial charge < -0.3 is 0 Å². The first-order chi connectivity index (χ1) is 19.5. The highest BCUT2D eigenvalue weighted by atomic mass is 16.2. The molecule has 1 aromatic carbocycles. The zero-order chi connectivity index (χ0) is 27.6. The van der Waals surface area contributed by atoms with Crippen molar-refractivity contribution in [2.75, 3.05) is 6.54 Å². The Labute approximate surface area is 235 Å². The van der Waals surface area contributed by atoms with Crippen molar-refractivity contribution >= 4 is 17.5 Å². The van der Waals surface area contributed by atoms with Crippen LogP contribution in [0.5, 0.6) is 0 Å². The van der Waals surface area contributed by atoms with Gasteiger partial charge in [-0.1, -0.05) is 12.1 Å². The smallest absolute Gasteiger partial charge is 0.256 e. The van der Waals surface area contributed by atoms with Gasteiger partial charge >= 0.3 is 0 Å². The lowest BCUT2D eigenvalue weighted by atomic mass is 9.60. The number of nitriles is 1. The molecule has 0 N–H and O–H groups in total. The summed E-state index contributed by atoms with van der Waals surface area (Å²) in [5.74, 6) is 1.25. The summed E-state index contributed by atoms with van der Waals surface area (Å²) >= 11 is 0. The molecule has 0 unspecified atom stereocenters. The van der Waals surface area contributed by atoms with E-state index in [1.807, 2.05) is 29.2 Å². The number of hydrogen-bond acceptors (Lipinski definition) is 6. The van der Waals surface area contributed by atoms with Crippen LogP contribution in [-0.4, -0.2) is 44.5 Å². The van der Waals surface area contributed by atoms with Crippen LogP contribution < -0.4 is 0 Å². The highest BCUT2D eigenvalue weighted by molar-refractivity contribution is 6.17. The van der Waals surface area contributed by atoms with Crippen molar-refractivity contribution in [1.82, 2.24) is 14.9 Å². The van der Waals surface area contributed by atoms with Crippen LogP contribution in [0.3, 0.4) is 0 Å². The van der Waals surface area contributed by atoms with Crippen LogP contribution in [0.15, 0.2) is 78.3 Å². The molecule has 3 fully saturated rings. The normalized spacial score (nSPS) is 23.1. The highest BCUT2D eigenvalue weighted by Crippen LogP contribution is 2.51. The molecule has 3 saturated carbocycles. The highest BCUT2D eigenvalue weighted by Gasteiger charge is 2.51. The quantitative estimate of drug-likeness (QED) is 0.346. The number of fused-ring (bicyclic) bond motifs is 3. The van der Waals surface area contributed by atoms with Crippen LogP contribution in [0.4, 0.5) is 0 Å². The van der Waals surface area contributed by atoms with Crippen molar-refractivity contribution < 1.29 is 9.59 Å². The van der Waals surface area contributed by atoms with Gasteiger partial charge in [0.1, 0.15) is 11.4 Å². The van der Waals surface area contributed by atoms with Gasteiger partial charge in [0.15, 0.2) is 5.78 Å². The summed E-state index contributed by atoms with van der Waals surface area (Å²) in [5, 5.41) is 9.16. The van der Waals surface area contributed by atoms with Gasteiger partial charge in [-0.15, -0.1) is 0 Å². The lowest BCUT2D eigenvalue weighted by molar-refractivity contribution is -0.133. The maximum atomic E-state index is 14.6. The zero-order valence-electron chi connectivity index (χ0n) is 22.6. The number of carbonyl (C=O) groups is 2. The van der Waals surface area contributed by atoms with Crippen molar-refractivity contribution in [1.29, 1.82) is 5.26 Å². The van der Waals surface area contributed by atoms with Crippen molar-refractivity contribution in [2.24, 2.45) is 16.3 Å². The van der Waals surface area contributed by atoms with E-state index in [0.29, 0.717) is 36.3 Å². The number of amides is 1. The molecular weight excluding hydrogens is 498 g/mol. The minimum Gasteiger partial charge on any atom is -0.298 e. The first kappa shape index (κ1) is 26.1. The molecule has 1 amide bonds. The second-order valence-electron chi connectivity index (χ2n) is 11.8. The maximum absolute atomic E-state index is 14.6. The molecule has 4 aliphatic rings. The standard InChI is InChI=1S/C33H33N5O2/c34-22-27-1-3-28(4-2-27)29(39)19-30-37-33(20-25-8-15-35-16-9-25,21-26-10-17-36-18-11-26)31(40)38(30)23-32-12-5-24(6-13-32)7-14-32/h1-4,8-11,15-18,24H,5-7,12-14,19-21,23H2. The number of Topliss-reactive ketones (excluding diaryl/α,β-unsaturated/α-hetero) is 1. The summed E-state index contributed by atoms with van der Waals surface area (Å²) in [7, 11) is 0. The van der Waals surface area contributed by atoms with E-state index in [4.69, 9.17) is 10.3 Å². The SMILES string of the molecule is N#Cc1ccc(C(=O)CC2=NC(Cc3ccncc3)(Cc3ccncc3)C(=O)N2CC23CCC(CC2)CC3)cc1. The molecule has 2 bridgehead atoms. The van der Waals surface area contributed by atoms with Gasteiger partial charge in [-0.3, -0.25) is 29.4 Å². The number of aliphatic imine (C=N–C) groups is 1. The van der Waals surface area contributed by atoms with Crippen LogP contribution in [0.25, 0.3) is 0 Å². The molecule has 7 rings (SSSR count). The Bertz CT molecular complexity index is 1400. The summed E-state index contributed by atoms with van der Waals surface area (Å²) in [6.45, 7) is 0.618. The molecule has 202 valence electrons. The van der Waals surface area contributed by atoms with Crippen molar-refractivity contribution in [3.63, 3.8) is 0 Å². The van der Waals surface area contributed by atoms with Gasteiger partial charge in [-0.25, -0.2) is 0 Å². The number of pyridine rings is 2. The van der Waals surface area contributed by atoms with Gasteiger partial charge in [0, 0.05) is 49.7 Å². The molecule has 0 radical (unpaired) electrons. The predicted molar refractivity (Wildman–Crippen MR) is 151 cm³/mol. The number of ketones is 1. The number of benzene rings is 1. The van der Waals surface area contributed by atoms with E-state index >= 15 is 0 Å². The van der Waals surface area contributed by atoms with Crippen LogP contribution in [0, 0.1) is 22.7 Å². The van der Waals surface area contributed by atoms with E-state index in [1.165, 1.54) is 19.3 Å². The first-order valence-electron chi connectivity index (χ1n) is 14.2. The molecule has 7 heteroatoms. The Morgan fingerprint density at radius 2 is 1.43 bits per heavy atom. The van der Waals surface area contributed by atoms with E-state index in [-0.39, 0.29) is 23.5 Å². The summed E-state index contributed by atoms with van der Waals surface area (Å²) in [6, 6.07) is 16.5. The van der Waals surface area contributed by atoms with E-state index in [0.717, 1.165) is 36.3 Å². The van der Waals surface area contributed by atoms with Crippen molar-refractivity contribution in [3.05, 3.63) is 95.6 Å². The second-order valence-corrected chi connectivity index (χ2v) is 11.8. The second kappa shape index (κ2) is 10.8. The maximum Gasteiger partial charge on any atom is 0.256 e. The number of nitrogens with zero attached hydrogens (tertiary/aromatic N) is 5. The molecule has 0 saturated heterocycles. The molecule has 7 nitrogen and oxygen atoms in total. The third-order valence-electron chi connectivity index (χ3n) is 9.19. The summed E-state index contributed by atoms with van der Waals surface area (Å²) in [5.41, 5.74) is 2.03. The van der Waals surface area contributed by atoms with E-state index in [1.54, 1.807) is 49.1 Å². The summed E-state index contributed by atoms with van der Waals surface area (Å²) in [6.07, 6.45) is 14.9. The molecule has 1 aliphatic heterocycles. The molecular formula is C33H33N5O2. The van der Waals surface area contributed by atoms with E-state index in [9.17, 15) is 9.59 Å². The Balaban J connectivity index is 1.38. The van der Waals surface area contributed by atoms with Crippen LogP contribution in [0.2, 0.25) is 0 Å². The van der Waals surface area contributed by atoms with E-state index in [2.05, 4.69) is 16.0 Å². The number of carbonyl (C=O) groups excluding carboxylic acids is 2. The summed E-state index contributed by atoms with van der Waals surface area (Å²) in [4.78, 5) is 43.5. The van der Waals surface area contributed by atoms with Gasteiger partial charge in [0.25, 0.3) is 5.91 Å². The molecule has 2 aromatic heterocycles. The molecule has 3 heterocycles. The third-order valence-corrected chi connectivity index (χ3v) is 9.19. The minimum absolute atomic E-state index is 0.0224. The van der Waals surface area contributed by atoms with Crippen LogP contribution in [-0.2, 0) is 17.6 Å². The minimum atomic E-state index is -1.05. The number of amidine groups is 1. The van der Waals surface area contributed by atoms with Gasteiger partial charge in [-0.05, 0) is 97.4 Å². The number of aromatic nitrogens is 2. The average molecular weight is 532 g/mol. The van der Waals surface area contributed by atoms with Gasteiger partial charge in [-0.2, -0.15) is 5.26 Å². The fourth-order valence-electron chi connectivity index (χ4n) is 6.88. The third kappa shape index (κ3) is 5.19. The summed E-state index contributed by atoms with van der Waals surface area (Å²) < 4.78 is 0. The molecule has 0 atom stereocenters. The zero-order valence-corrected chi connectivity index (χ0v) is 22.6. The molecule has 0 spiro atoms. The topological polar surface area (TPSA) is 99.3 Å². The predicted octanol–water partition coefficient (Wildman–Crippen LogP) is 5.36. The lowest BCUT2D eigenvalue weighted by Crippen LogP contribution is -2.51. The molecule has 40 heavy (non-hydrogen) atoms. The number of rotatable bonds is 9. The van der Waals surface area contributed by atoms with Crippen LogP contribution in [0.1, 0.15) is 72.0 Å². The van der Waals surface area contributed by atoms with E-state index < -0.39 is 5.54 Å². The Hall–Kier alpha value is -4.18. The Morgan fingerprint density at radius 3 is 1.95 bits per heavy atom.